The fourth-order valence-corrected chi connectivity index (χ4v) is 6.13. The van der Waals surface area contributed by atoms with E-state index >= 15 is 0 Å². The fraction of sp³-hybridized carbons (Fsp3) is 0.172. The molecule has 1 aliphatic rings. The van der Waals surface area contributed by atoms with Crippen LogP contribution in [0.1, 0.15) is 0 Å². The lowest BCUT2D eigenvalue weighted by Crippen LogP contribution is -2.49. The fourth-order valence-electron chi connectivity index (χ4n) is 5.00. The molecule has 0 atom stereocenters. The van der Waals surface area contributed by atoms with Crippen LogP contribution < -0.4 is 4.90 Å². The number of aromatic nitrogens is 5. The first-order valence-electron chi connectivity index (χ1n) is 12.7. The standard InChI is InChI=1S/C29H25N7OS/c37-24(19-36-14-12-20-9-6-13-30-27(20)36)34-15-17-35(18-16-34)29-25(26-31-22-10-4-5-11-23(22)32-26)33-28(38-29)21-7-2-1-3-8-21/h1-14H,15-19H2,(H,31,32). The second-order valence-corrected chi connectivity index (χ2v) is 10.3. The van der Waals surface area contributed by atoms with Crippen LogP contribution in [-0.4, -0.2) is 61.5 Å². The lowest BCUT2D eigenvalue weighted by Gasteiger charge is -2.35. The third-order valence-electron chi connectivity index (χ3n) is 6.99. The highest BCUT2D eigenvalue weighted by atomic mass is 32.1. The number of imidazole rings is 1. The molecule has 9 heteroatoms. The summed E-state index contributed by atoms with van der Waals surface area (Å²) in [5.74, 6) is 0.879. The number of piperazine rings is 1. The smallest absolute Gasteiger partial charge is 0.242 e. The molecule has 0 unspecified atom stereocenters. The van der Waals surface area contributed by atoms with Gasteiger partial charge in [0.15, 0.2) is 5.82 Å². The Morgan fingerprint density at radius 2 is 1.71 bits per heavy atom. The molecule has 0 bridgehead atoms. The van der Waals surface area contributed by atoms with Gasteiger partial charge in [-0.25, -0.2) is 15.0 Å². The lowest BCUT2D eigenvalue weighted by atomic mass is 10.2. The molecule has 0 spiro atoms. The SMILES string of the molecule is O=C(Cn1ccc2cccnc21)N1CCN(c2sc(-c3ccccc3)nc2-c2nc3ccccc3[nH]2)CC1. The summed E-state index contributed by atoms with van der Waals surface area (Å²) in [6.07, 6.45) is 3.70. The zero-order valence-corrected chi connectivity index (χ0v) is 21.4. The zero-order chi connectivity index (χ0) is 25.5. The number of nitrogens with one attached hydrogen (secondary N) is 1. The van der Waals surface area contributed by atoms with Crippen molar-refractivity contribution in [3.8, 4) is 22.1 Å². The molecular formula is C29H25N7OS. The van der Waals surface area contributed by atoms with Gasteiger partial charge < -0.3 is 19.4 Å². The predicted octanol–water partition coefficient (Wildman–Crippen LogP) is 5.05. The zero-order valence-electron chi connectivity index (χ0n) is 20.6. The Hall–Kier alpha value is -4.50. The Kier molecular flexibility index (Phi) is 5.62. The van der Waals surface area contributed by atoms with Crippen molar-refractivity contribution in [3.63, 3.8) is 0 Å². The lowest BCUT2D eigenvalue weighted by molar-refractivity contribution is -0.132. The van der Waals surface area contributed by atoms with E-state index in [2.05, 4.69) is 27.0 Å². The number of anilines is 1. The summed E-state index contributed by atoms with van der Waals surface area (Å²) in [5, 5.41) is 3.08. The number of rotatable bonds is 5. The largest absolute Gasteiger partial charge is 0.358 e. The van der Waals surface area contributed by atoms with Crippen LogP contribution in [0.4, 0.5) is 5.00 Å². The molecule has 1 fully saturated rings. The summed E-state index contributed by atoms with van der Waals surface area (Å²) in [4.78, 5) is 35.2. The van der Waals surface area contributed by atoms with Gasteiger partial charge in [-0.3, -0.25) is 4.79 Å². The number of carbonyl (C=O) groups excluding carboxylic acids is 1. The first kappa shape index (κ1) is 22.7. The number of nitrogens with zero attached hydrogens (tertiary/aromatic N) is 6. The number of fused-ring (bicyclic) bond motifs is 2. The molecular weight excluding hydrogens is 494 g/mol. The van der Waals surface area contributed by atoms with Crippen molar-refractivity contribution in [2.24, 2.45) is 0 Å². The van der Waals surface area contributed by atoms with Crippen LogP contribution in [0.3, 0.4) is 0 Å². The van der Waals surface area contributed by atoms with Crippen LogP contribution in [0.25, 0.3) is 44.2 Å². The summed E-state index contributed by atoms with van der Waals surface area (Å²) >= 11 is 1.68. The van der Waals surface area contributed by atoms with Crippen molar-refractivity contribution in [1.29, 1.82) is 0 Å². The van der Waals surface area contributed by atoms with Crippen molar-refractivity contribution in [2.75, 3.05) is 31.1 Å². The van der Waals surface area contributed by atoms with E-state index < -0.39 is 0 Å². The monoisotopic (exact) mass is 519 g/mol. The molecule has 8 nitrogen and oxygen atoms in total. The van der Waals surface area contributed by atoms with E-state index in [1.807, 2.05) is 76.3 Å². The molecule has 188 valence electrons. The molecule has 0 aliphatic carbocycles. The average molecular weight is 520 g/mol. The average Bonchev–Trinajstić information content (AvgIpc) is 3.70. The van der Waals surface area contributed by atoms with Crippen molar-refractivity contribution < 1.29 is 4.79 Å². The minimum absolute atomic E-state index is 0.111. The Bertz CT molecular complexity index is 1710. The van der Waals surface area contributed by atoms with Crippen LogP contribution in [0.5, 0.6) is 0 Å². The van der Waals surface area contributed by atoms with Gasteiger partial charge in [0.05, 0.1) is 11.0 Å². The van der Waals surface area contributed by atoms with Crippen LogP contribution in [0.15, 0.2) is 85.2 Å². The van der Waals surface area contributed by atoms with Gasteiger partial charge in [0, 0.05) is 49.5 Å². The van der Waals surface area contributed by atoms with Crippen molar-refractivity contribution in [2.45, 2.75) is 6.54 Å². The Morgan fingerprint density at radius 1 is 0.895 bits per heavy atom. The molecule has 1 saturated heterocycles. The number of para-hydroxylation sites is 2. The maximum absolute atomic E-state index is 13.2. The number of aromatic amines is 1. The van der Waals surface area contributed by atoms with Crippen molar-refractivity contribution in [1.82, 2.24) is 29.4 Å². The Morgan fingerprint density at radius 3 is 2.55 bits per heavy atom. The third kappa shape index (κ3) is 4.10. The molecule has 38 heavy (non-hydrogen) atoms. The molecule has 7 rings (SSSR count). The quantitative estimate of drug-likeness (QED) is 0.345. The number of carbonyl (C=O) groups is 1. The van der Waals surface area contributed by atoms with Gasteiger partial charge in [0.25, 0.3) is 0 Å². The van der Waals surface area contributed by atoms with Gasteiger partial charge in [0.1, 0.15) is 27.9 Å². The topological polar surface area (TPSA) is 82.9 Å². The Labute approximate surface area is 223 Å². The van der Waals surface area contributed by atoms with Crippen molar-refractivity contribution in [3.05, 3.63) is 85.2 Å². The number of amides is 1. The van der Waals surface area contributed by atoms with Crippen molar-refractivity contribution >= 4 is 44.3 Å². The highest BCUT2D eigenvalue weighted by Gasteiger charge is 2.27. The summed E-state index contributed by atoms with van der Waals surface area (Å²) < 4.78 is 1.93. The van der Waals surface area contributed by atoms with Crippen LogP contribution in [0.2, 0.25) is 0 Å². The minimum Gasteiger partial charge on any atom is -0.358 e. The van der Waals surface area contributed by atoms with Crippen LogP contribution in [-0.2, 0) is 11.3 Å². The number of hydrogen-bond acceptors (Lipinski definition) is 6. The van der Waals surface area contributed by atoms with Gasteiger partial charge >= 0.3 is 0 Å². The van der Waals surface area contributed by atoms with E-state index in [9.17, 15) is 4.79 Å². The molecule has 0 radical (unpaired) electrons. The van der Waals surface area contributed by atoms with E-state index in [4.69, 9.17) is 9.97 Å². The third-order valence-corrected chi connectivity index (χ3v) is 8.16. The van der Waals surface area contributed by atoms with E-state index in [0.717, 1.165) is 62.2 Å². The van der Waals surface area contributed by atoms with E-state index in [-0.39, 0.29) is 5.91 Å². The van der Waals surface area contributed by atoms with Gasteiger partial charge in [-0.05, 0) is 30.3 Å². The normalized spacial score (nSPS) is 14.0. The number of thiazole rings is 1. The summed E-state index contributed by atoms with van der Waals surface area (Å²) in [5.41, 5.74) is 4.69. The van der Waals surface area contributed by atoms with E-state index in [1.165, 1.54) is 0 Å². The summed E-state index contributed by atoms with van der Waals surface area (Å²) in [6, 6.07) is 24.2. The molecule has 4 aromatic heterocycles. The molecule has 1 aliphatic heterocycles. The number of H-pyrrole nitrogens is 1. The van der Waals surface area contributed by atoms with Crippen LogP contribution in [0, 0.1) is 0 Å². The van der Waals surface area contributed by atoms with Gasteiger partial charge in [-0.15, -0.1) is 0 Å². The molecule has 5 heterocycles. The highest BCUT2D eigenvalue weighted by Crippen LogP contribution is 2.40. The first-order chi connectivity index (χ1) is 18.7. The second kappa shape index (κ2) is 9.42. The minimum atomic E-state index is 0.111. The summed E-state index contributed by atoms with van der Waals surface area (Å²) in [6.45, 7) is 3.08. The Balaban J connectivity index is 1.14. The molecule has 2 aromatic carbocycles. The van der Waals surface area contributed by atoms with Gasteiger partial charge in [-0.1, -0.05) is 53.8 Å². The maximum atomic E-state index is 13.2. The van der Waals surface area contributed by atoms with E-state index in [1.54, 1.807) is 17.5 Å². The predicted molar refractivity (Wildman–Crippen MR) is 151 cm³/mol. The maximum Gasteiger partial charge on any atom is 0.242 e. The molecule has 1 N–H and O–H groups in total. The highest BCUT2D eigenvalue weighted by molar-refractivity contribution is 7.19. The first-order valence-corrected chi connectivity index (χ1v) is 13.5. The number of benzene rings is 2. The summed E-state index contributed by atoms with van der Waals surface area (Å²) in [7, 11) is 0. The van der Waals surface area contributed by atoms with Gasteiger partial charge in [0.2, 0.25) is 5.91 Å². The molecule has 0 saturated carbocycles. The van der Waals surface area contributed by atoms with E-state index in [0.29, 0.717) is 19.6 Å². The second-order valence-electron chi connectivity index (χ2n) is 9.37. The molecule has 1 amide bonds. The van der Waals surface area contributed by atoms with Crippen LogP contribution >= 0.6 is 11.3 Å². The van der Waals surface area contributed by atoms with Gasteiger partial charge in [-0.2, -0.15) is 0 Å². The number of pyridine rings is 1. The molecule has 6 aromatic rings. The number of hydrogen-bond donors (Lipinski definition) is 1.